The van der Waals surface area contributed by atoms with E-state index in [0.29, 0.717) is 12.2 Å². The summed E-state index contributed by atoms with van der Waals surface area (Å²) in [5.41, 5.74) is 0.370. The van der Waals surface area contributed by atoms with Crippen molar-refractivity contribution in [2.24, 2.45) is 0 Å². The Morgan fingerprint density at radius 3 is 2.86 bits per heavy atom. The smallest absolute Gasteiger partial charge is 0.323 e. The fraction of sp³-hybridized carbons (Fsp3) is 0.333. The number of carbonyl (C=O) groups is 2. The van der Waals surface area contributed by atoms with Gasteiger partial charge in [-0.2, -0.15) is 0 Å². The predicted octanol–water partition coefficient (Wildman–Crippen LogP) is 0.322. The van der Waals surface area contributed by atoms with E-state index >= 15 is 0 Å². The quantitative estimate of drug-likeness (QED) is 0.728. The standard InChI is InChI=1S/C9H12N2O3/c1-2-10-9(14)7-4-3-5-11(7)6-8(12)13/h3-5H,2,6H2,1H3,(H,10,14)(H,12,13). The summed E-state index contributed by atoms with van der Waals surface area (Å²) in [7, 11) is 0. The molecule has 5 nitrogen and oxygen atoms in total. The van der Waals surface area contributed by atoms with Gasteiger partial charge >= 0.3 is 5.97 Å². The Kier molecular flexibility index (Phi) is 3.28. The first-order valence-electron chi connectivity index (χ1n) is 4.30. The highest BCUT2D eigenvalue weighted by molar-refractivity contribution is 5.93. The molecule has 0 fully saturated rings. The largest absolute Gasteiger partial charge is 0.480 e. The van der Waals surface area contributed by atoms with Gasteiger partial charge in [0.1, 0.15) is 12.2 Å². The van der Waals surface area contributed by atoms with Gasteiger partial charge in [-0.05, 0) is 19.1 Å². The summed E-state index contributed by atoms with van der Waals surface area (Å²) >= 11 is 0. The van der Waals surface area contributed by atoms with E-state index in [1.807, 2.05) is 6.92 Å². The number of aliphatic carboxylic acids is 1. The molecule has 0 unspecified atom stereocenters. The molecular formula is C9H12N2O3. The van der Waals surface area contributed by atoms with Crippen molar-refractivity contribution in [2.75, 3.05) is 6.54 Å². The van der Waals surface area contributed by atoms with E-state index in [-0.39, 0.29) is 12.5 Å². The van der Waals surface area contributed by atoms with Crippen LogP contribution in [0.25, 0.3) is 0 Å². The van der Waals surface area contributed by atoms with Crippen LogP contribution >= 0.6 is 0 Å². The highest BCUT2D eigenvalue weighted by Crippen LogP contribution is 2.01. The van der Waals surface area contributed by atoms with Crippen LogP contribution in [0.4, 0.5) is 0 Å². The van der Waals surface area contributed by atoms with Crippen LogP contribution in [0.5, 0.6) is 0 Å². The van der Waals surface area contributed by atoms with Crippen molar-refractivity contribution in [3.63, 3.8) is 0 Å². The van der Waals surface area contributed by atoms with Crippen molar-refractivity contribution in [3.05, 3.63) is 24.0 Å². The summed E-state index contributed by atoms with van der Waals surface area (Å²) in [5, 5.41) is 11.2. The lowest BCUT2D eigenvalue weighted by molar-refractivity contribution is -0.137. The molecule has 0 saturated heterocycles. The first-order valence-corrected chi connectivity index (χ1v) is 4.30. The van der Waals surface area contributed by atoms with Crippen LogP contribution in [0.2, 0.25) is 0 Å². The third-order valence-electron chi connectivity index (χ3n) is 1.71. The zero-order valence-electron chi connectivity index (χ0n) is 7.86. The van der Waals surface area contributed by atoms with Crippen molar-refractivity contribution in [3.8, 4) is 0 Å². The van der Waals surface area contributed by atoms with Crippen molar-refractivity contribution in [1.82, 2.24) is 9.88 Å². The fourth-order valence-electron chi connectivity index (χ4n) is 1.15. The molecule has 0 aliphatic carbocycles. The summed E-state index contributed by atoms with van der Waals surface area (Å²) in [6.45, 7) is 2.14. The highest BCUT2D eigenvalue weighted by atomic mass is 16.4. The molecule has 1 rings (SSSR count). The molecular weight excluding hydrogens is 184 g/mol. The van der Waals surface area contributed by atoms with Gasteiger partial charge in [0.25, 0.3) is 5.91 Å². The van der Waals surface area contributed by atoms with Crippen LogP contribution in [0.1, 0.15) is 17.4 Å². The molecule has 0 radical (unpaired) electrons. The van der Waals surface area contributed by atoms with Crippen LogP contribution in [-0.2, 0) is 11.3 Å². The van der Waals surface area contributed by atoms with Gasteiger partial charge in [-0.1, -0.05) is 0 Å². The summed E-state index contributed by atoms with van der Waals surface area (Å²) < 4.78 is 1.40. The van der Waals surface area contributed by atoms with Gasteiger partial charge in [-0.25, -0.2) is 0 Å². The molecule has 1 aromatic heterocycles. The number of hydrogen-bond acceptors (Lipinski definition) is 2. The summed E-state index contributed by atoms with van der Waals surface area (Å²) in [5.74, 6) is -1.22. The maximum atomic E-state index is 11.4. The normalized spacial score (nSPS) is 9.79. The maximum Gasteiger partial charge on any atom is 0.323 e. The molecule has 1 amide bonds. The minimum atomic E-state index is -0.966. The molecule has 5 heteroatoms. The molecule has 0 aromatic carbocycles. The SMILES string of the molecule is CCNC(=O)c1cccn1CC(=O)O. The Balaban J connectivity index is 2.81. The summed E-state index contributed by atoms with van der Waals surface area (Å²) in [6.07, 6.45) is 1.57. The molecule has 0 aliphatic rings. The van der Waals surface area contributed by atoms with E-state index < -0.39 is 5.97 Å². The van der Waals surface area contributed by atoms with Gasteiger partial charge < -0.3 is 15.0 Å². The molecule has 0 aliphatic heterocycles. The second-order valence-electron chi connectivity index (χ2n) is 2.77. The van der Waals surface area contributed by atoms with Crippen molar-refractivity contribution in [1.29, 1.82) is 0 Å². The van der Waals surface area contributed by atoms with Crippen LogP contribution in [-0.4, -0.2) is 28.1 Å². The molecule has 0 atom stereocenters. The molecule has 76 valence electrons. The average Bonchev–Trinajstić information content (AvgIpc) is 2.51. The van der Waals surface area contributed by atoms with E-state index in [4.69, 9.17) is 5.11 Å². The molecule has 2 N–H and O–H groups in total. The monoisotopic (exact) mass is 196 g/mol. The van der Waals surface area contributed by atoms with Gasteiger partial charge in [-0.15, -0.1) is 0 Å². The van der Waals surface area contributed by atoms with Crippen LogP contribution in [0.3, 0.4) is 0 Å². The van der Waals surface area contributed by atoms with Gasteiger partial charge in [0.15, 0.2) is 0 Å². The van der Waals surface area contributed by atoms with Crippen LogP contribution < -0.4 is 5.32 Å². The molecule has 1 aromatic rings. The average molecular weight is 196 g/mol. The predicted molar refractivity (Wildman–Crippen MR) is 50.1 cm³/mol. The zero-order chi connectivity index (χ0) is 10.6. The molecule has 1 heterocycles. The number of nitrogens with one attached hydrogen (secondary N) is 1. The van der Waals surface area contributed by atoms with E-state index in [9.17, 15) is 9.59 Å². The fourth-order valence-corrected chi connectivity index (χ4v) is 1.15. The number of carboxylic acids is 1. The third-order valence-corrected chi connectivity index (χ3v) is 1.71. The zero-order valence-corrected chi connectivity index (χ0v) is 7.86. The minimum absolute atomic E-state index is 0.195. The highest BCUT2D eigenvalue weighted by Gasteiger charge is 2.10. The number of amides is 1. The Labute approximate surface area is 81.3 Å². The third kappa shape index (κ3) is 2.35. The van der Waals surface area contributed by atoms with E-state index in [1.165, 1.54) is 4.57 Å². The van der Waals surface area contributed by atoms with Gasteiger partial charge in [-0.3, -0.25) is 9.59 Å². The van der Waals surface area contributed by atoms with Crippen molar-refractivity contribution >= 4 is 11.9 Å². The number of aromatic nitrogens is 1. The van der Waals surface area contributed by atoms with Gasteiger partial charge in [0, 0.05) is 12.7 Å². The number of rotatable bonds is 4. The number of carbonyl (C=O) groups excluding carboxylic acids is 1. The summed E-state index contributed by atoms with van der Waals surface area (Å²) in [4.78, 5) is 21.8. The Hall–Kier alpha value is -1.78. The Morgan fingerprint density at radius 1 is 1.57 bits per heavy atom. The molecule has 0 saturated carbocycles. The second-order valence-corrected chi connectivity index (χ2v) is 2.77. The lowest BCUT2D eigenvalue weighted by Gasteiger charge is -2.05. The molecule has 0 spiro atoms. The number of carboxylic acid groups (broad SMARTS) is 1. The van der Waals surface area contributed by atoms with E-state index in [1.54, 1.807) is 18.3 Å². The van der Waals surface area contributed by atoms with Crippen molar-refractivity contribution < 1.29 is 14.7 Å². The second kappa shape index (κ2) is 4.45. The van der Waals surface area contributed by atoms with Crippen molar-refractivity contribution in [2.45, 2.75) is 13.5 Å². The lowest BCUT2D eigenvalue weighted by atomic mass is 10.4. The Bertz CT molecular complexity index is 344. The lowest BCUT2D eigenvalue weighted by Crippen LogP contribution is -2.26. The van der Waals surface area contributed by atoms with Gasteiger partial charge in [0.05, 0.1) is 0 Å². The van der Waals surface area contributed by atoms with E-state index in [0.717, 1.165) is 0 Å². The van der Waals surface area contributed by atoms with Gasteiger partial charge in [0.2, 0.25) is 0 Å². The first kappa shape index (κ1) is 10.3. The molecule has 0 bridgehead atoms. The number of hydrogen-bond donors (Lipinski definition) is 2. The number of nitrogens with zero attached hydrogens (tertiary/aromatic N) is 1. The topological polar surface area (TPSA) is 71.3 Å². The Morgan fingerprint density at radius 2 is 2.29 bits per heavy atom. The van der Waals surface area contributed by atoms with E-state index in [2.05, 4.69) is 5.32 Å². The first-order chi connectivity index (χ1) is 6.65. The summed E-state index contributed by atoms with van der Waals surface area (Å²) in [6, 6.07) is 3.24. The van der Waals surface area contributed by atoms with Crippen LogP contribution in [0, 0.1) is 0 Å². The molecule has 14 heavy (non-hydrogen) atoms. The van der Waals surface area contributed by atoms with Crippen LogP contribution in [0.15, 0.2) is 18.3 Å². The minimum Gasteiger partial charge on any atom is -0.480 e. The maximum absolute atomic E-state index is 11.4.